The van der Waals surface area contributed by atoms with Crippen molar-refractivity contribution in [3.8, 4) is 11.5 Å². The summed E-state index contributed by atoms with van der Waals surface area (Å²) in [6.07, 6.45) is 0.789. The van der Waals surface area contributed by atoms with Crippen molar-refractivity contribution in [3.63, 3.8) is 0 Å². The predicted molar refractivity (Wildman–Crippen MR) is 119 cm³/mol. The van der Waals surface area contributed by atoms with Crippen molar-refractivity contribution in [2.45, 2.75) is 20.3 Å². The number of para-hydroxylation sites is 2. The number of nitrogens with zero attached hydrogens (tertiary/aromatic N) is 1. The fourth-order valence-electron chi connectivity index (χ4n) is 3.29. The number of rotatable bonds is 9. The van der Waals surface area contributed by atoms with Gasteiger partial charge in [0.25, 0.3) is 5.91 Å². The summed E-state index contributed by atoms with van der Waals surface area (Å²) in [5.41, 5.74) is 3.22. The Kier molecular flexibility index (Phi) is 7.09. The topological polar surface area (TPSA) is 61.8 Å². The summed E-state index contributed by atoms with van der Waals surface area (Å²) in [5.74, 6) is 1.20. The van der Waals surface area contributed by atoms with Crippen LogP contribution in [0.1, 0.15) is 19.4 Å². The lowest BCUT2D eigenvalue weighted by Gasteiger charge is -2.33. The Bertz CT molecular complexity index is 943. The van der Waals surface area contributed by atoms with Crippen LogP contribution in [0.2, 0.25) is 0 Å². The number of anilines is 1. The van der Waals surface area contributed by atoms with Crippen molar-refractivity contribution in [2.75, 3.05) is 18.0 Å². The molecule has 0 spiro atoms. The second-order valence-corrected chi connectivity index (χ2v) is 7.89. The summed E-state index contributed by atoms with van der Waals surface area (Å²) in [7, 11) is 0. The number of hydrogen-bond donors (Lipinski definition) is 2. The first kappa shape index (κ1) is 21.4. The molecule has 2 N–H and O–H groups in total. The van der Waals surface area contributed by atoms with E-state index < -0.39 is 11.3 Å². The van der Waals surface area contributed by atoms with Crippen molar-refractivity contribution >= 4 is 11.6 Å². The molecule has 3 aromatic rings. The second-order valence-electron chi connectivity index (χ2n) is 7.89. The minimum absolute atomic E-state index is 0.401. The maximum absolute atomic E-state index is 12.1. The van der Waals surface area contributed by atoms with Crippen LogP contribution in [-0.2, 0) is 11.2 Å². The highest BCUT2D eigenvalue weighted by Gasteiger charge is 2.30. The van der Waals surface area contributed by atoms with E-state index in [1.54, 1.807) is 5.48 Å². The van der Waals surface area contributed by atoms with Gasteiger partial charge in [0.2, 0.25) is 0 Å². The molecular formula is C25H28N2O3. The highest BCUT2D eigenvalue weighted by Crippen LogP contribution is 2.25. The molecule has 0 saturated heterocycles. The van der Waals surface area contributed by atoms with Gasteiger partial charge in [-0.15, -0.1) is 0 Å². The Balaban J connectivity index is 1.72. The average molecular weight is 405 g/mol. The van der Waals surface area contributed by atoms with Crippen molar-refractivity contribution < 1.29 is 14.7 Å². The van der Waals surface area contributed by atoms with E-state index in [-0.39, 0.29) is 0 Å². The molecule has 0 radical (unpaired) electrons. The van der Waals surface area contributed by atoms with Crippen LogP contribution in [0.15, 0.2) is 84.9 Å². The van der Waals surface area contributed by atoms with Crippen molar-refractivity contribution in [2.24, 2.45) is 5.41 Å². The van der Waals surface area contributed by atoms with Gasteiger partial charge in [0.1, 0.15) is 11.5 Å². The van der Waals surface area contributed by atoms with Gasteiger partial charge in [-0.25, -0.2) is 5.48 Å². The molecule has 30 heavy (non-hydrogen) atoms. The van der Waals surface area contributed by atoms with Crippen LogP contribution in [0.4, 0.5) is 5.69 Å². The van der Waals surface area contributed by atoms with E-state index in [9.17, 15) is 4.79 Å². The largest absolute Gasteiger partial charge is 0.457 e. The second kappa shape index (κ2) is 9.94. The molecular weight excluding hydrogens is 376 g/mol. The summed E-state index contributed by atoms with van der Waals surface area (Å²) in [6, 6.07) is 27.8. The van der Waals surface area contributed by atoms with Crippen LogP contribution in [-0.4, -0.2) is 24.2 Å². The molecule has 0 heterocycles. The number of carbonyl (C=O) groups is 1. The quantitative estimate of drug-likeness (QED) is 0.387. The highest BCUT2D eigenvalue weighted by molar-refractivity contribution is 5.81. The van der Waals surface area contributed by atoms with E-state index in [0.29, 0.717) is 6.54 Å². The molecule has 5 heteroatoms. The number of ether oxygens (including phenoxy) is 1. The van der Waals surface area contributed by atoms with E-state index in [1.807, 2.05) is 92.7 Å². The molecule has 0 atom stereocenters. The minimum Gasteiger partial charge on any atom is -0.457 e. The normalized spacial score (nSPS) is 11.0. The number of amides is 1. The van der Waals surface area contributed by atoms with E-state index in [4.69, 9.17) is 9.94 Å². The SMILES string of the molecule is CC(C)(CN(CCc1cccc(Oc2ccccc2)c1)c1ccccc1)C(=O)NO. The van der Waals surface area contributed by atoms with Gasteiger partial charge in [-0.2, -0.15) is 0 Å². The van der Waals surface area contributed by atoms with E-state index >= 15 is 0 Å². The van der Waals surface area contributed by atoms with Gasteiger partial charge in [-0.05, 0) is 62.2 Å². The van der Waals surface area contributed by atoms with Gasteiger partial charge in [0, 0.05) is 18.8 Å². The van der Waals surface area contributed by atoms with Crippen LogP contribution in [0.25, 0.3) is 0 Å². The zero-order chi connectivity index (χ0) is 21.4. The predicted octanol–water partition coefficient (Wildman–Crippen LogP) is 5.06. The standard InChI is InChI=1S/C25H28N2O3/c1-25(2,24(28)26-29)19-27(21-11-5-3-6-12-21)17-16-20-10-9-15-23(18-20)30-22-13-7-4-8-14-22/h3-15,18,29H,16-17,19H2,1-2H3,(H,26,28). The summed E-state index contributed by atoms with van der Waals surface area (Å²) in [6.45, 7) is 4.84. The number of nitrogens with one attached hydrogen (secondary N) is 1. The van der Waals surface area contributed by atoms with Gasteiger partial charge in [0.15, 0.2) is 0 Å². The molecule has 0 saturated carbocycles. The van der Waals surface area contributed by atoms with Gasteiger partial charge in [-0.1, -0.05) is 48.5 Å². The Morgan fingerprint density at radius 3 is 2.23 bits per heavy atom. The molecule has 0 fully saturated rings. The number of carbonyl (C=O) groups excluding carboxylic acids is 1. The van der Waals surface area contributed by atoms with Gasteiger partial charge < -0.3 is 9.64 Å². The third-order valence-electron chi connectivity index (χ3n) is 4.97. The summed E-state index contributed by atoms with van der Waals surface area (Å²) in [5, 5.41) is 9.08. The van der Waals surface area contributed by atoms with E-state index in [0.717, 1.165) is 35.7 Å². The Morgan fingerprint density at radius 2 is 1.57 bits per heavy atom. The first-order valence-corrected chi connectivity index (χ1v) is 10.0. The van der Waals surface area contributed by atoms with Crippen molar-refractivity contribution in [1.29, 1.82) is 0 Å². The van der Waals surface area contributed by atoms with Gasteiger partial charge in [0.05, 0.1) is 5.41 Å². The smallest absolute Gasteiger partial charge is 0.250 e. The summed E-state index contributed by atoms with van der Waals surface area (Å²) in [4.78, 5) is 14.3. The molecule has 0 unspecified atom stereocenters. The molecule has 1 amide bonds. The summed E-state index contributed by atoms with van der Waals surface area (Å²) < 4.78 is 5.94. The third-order valence-corrected chi connectivity index (χ3v) is 4.97. The highest BCUT2D eigenvalue weighted by atomic mass is 16.5. The van der Waals surface area contributed by atoms with Crippen LogP contribution in [0, 0.1) is 5.41 Å². The van der Waals surface area contributed by atoms with Gasteiger partial charge >= 0.3 is 0 Å². The molecule has 0 aliphatic rings. The molecule has 0 bridgehead atoms. The van der Waals surface area contributed by atoms with Gasteiger partial charge in [-0.3, -0.25) is 10.0 Å². The Morgan fingerprint density at radius 1 is 0.933 bits per heavy atom. The minimum atomic E-state index is -0.747. The first-order chi connectivity index (χ1) is 14.5. The van der Waals surface area contributed by atoms with Crippen LogP contribution in [0.5, 0.6) is 11.5 Å². The molecule has 5 nitrogen and oxygen atoms in total. The van der Waals surface area contributed by atoms with Crippen LogP contribution < -0.4 is 15.1 Å². The molecule has 3 rings (SSSR count). The Hall–Kier alpha value is -3.31. The zero-order valence-electron chi connectivity index (χ0n) is 17.4. The molecule has 0 aromatic heterocycles. The van der Waals surface area contributed by atoms with Crippen molar-refractivity contribution in [3.05, 3.63) is 90.5 Å². The molecule has 156 valence electrons. The van der Waals surface area contributed by atoms with Crippen LogP contribution >= 0.6 is 0 Å². The molecule has 0 aliphatic carbocycles. The number of benzene rings is 3. The Labute approximate surface area is 177 Å². The summed E-state index contributed by atoms with van der Waals surface area (Å²) >= 11 is 0. The molecule has 0 aliphatic heterocycles. The first-order valence-electron chi connectivity index (χ1n) is 10.0. The zero-order valence-corrected chi connectivity index (χ0v) is 17.4. The fourth-order valence-corrected chi connectivity index (χ4v) is 3.29. The molecule has 3 aromatic carbocycles. The van der Waals surface area contributed by atoms with Crippen LogP contribution in [0.3, 0.4) is 0 Å². The maximum Gasteiger partial charge on any atom is 0.250 e. The maximum atomic E-state index is 12.1. The number of hydrogen-bond acceptors (Lipinski definition) is 4. The lowest BCUT2D eigenvalue weighted by molar-refractivity contribution is -0.137. The van der Waals surface area contributed by atoms with E-state index in [1.165, 1.54) is 0 Å². The average Bonchev–Trinajstić information content (AvgIpc) is 2.77. The lowest BCUT2D eigenvalue weighted by atomic mass is 9.91. The monoisotopic (exact) mass is 404 g/mol. The lowest BCUT2D eigenvalue weighted by Crippen LogP contribution is -2.44. The van der Waals surface area contributed by atoms with Crippen molar-refractivity contribution in [1.82, 2.24) is 5.48 Å². The number of hydroxylamine groups is 1. The van der Waals surface area contributed by atoms with E-state index in [2.05, 4.69) is 11.0 Å². The third kappa shape index (κ3) is 5.84. The fraction of sp³-hybridized carbons (Fsp3) is 0.240.